The molecule has 1 N–H and O–H groups in total. The molecule has 0 fully saturated rings. The Hall–Kier alpha value is -1.88. The summed E-state index contributed by atoms with van der Waals surface area (Å²) in [4.78, 5) is 11.0. The lowest BCUT2D eigenvalue weighted by molar-refractivity contribution is 0.0694. The van der Waals surface area contributed by atoms with Crippen LogP contribution in [0.25, 0.3) is 0 Å². The van der Waals surface area contributed by atoms with Crippen LogP contribution in [0.1, 0.15) is 15.9 Å². The minimum atomic E-state index is -1.01. The van der Waals surface area contributed by atoms with Gasteiger partial charge in [0.05, 0.1) is 5.56 Å². The Bertz CT molecular complexity index is 593. The fourth-order valence-electron chi connectivity index (χ4n) is 1.63. The van der Waals surface area contributed by atoms with E-state index in [2.05, 4.69) is 15.9 Å². The first kappa shape index (κ1) is 13.5. The fraction of sp³-hybridized carbons (Fsp3) is 0.0714. The fourth-order valence-corrected chi connectivity index (χ4v) is 2.07. The minimum absolute atomic E-state index is 0.0678. The molecule has 5 heteroatoms. The summed E-state index contributed by atoms with van der Waals surface area (Å²) in [7, 11) is 0. The smallest absolute Gasteiger partial charge is 0.336 e. The predicted octanol–water partition coefficient (Wildman–Crippen LogP) is 3.87. The molecule has 0 saturated heterocycles. The molecule has 0 bridgehead atoms. The zero-order chi connectivity index (χ0) is 13.8. The summed E-state index contributed by atoms with van der Waals surface area (Å²) >= 11 is 3.16. The van der Waals surface area contributed by atoms with Crippen LogP contribution >= 0.6 is 15.9 Å². The second-order valence-corrected chi connectivity index (χ2v) is 4.77. The van der Waals surface area contributed by atoms with E-state index in [0.717, 1.165) is 0 Å². The van der Waals surface area contributed by atoms with Gasteiger partial charge in [0.15, 0.2) is 0 Å². The number of rotatable bonds is 4. The third kappa shape index (κ3) is 3.54. The Morgan fingerprint density at radius 1 is 1.26 bits per heavy atom. The van der Waals surface area contributed by atoms with Gasteiger partial charge in [0.25, 0.3) is 0 Å². The van der Waals surface area contributed by atoms with E-state index in [9.17, 15) is 9.18 Å². The van der Waals surface area contributed by atoms with Gasteiger partial charge in [-0.05, 0) is 18.2 Å². The van der Waals surface area contributed by atoms with Gasteiger partial charge in [-0.1, -0.05) is 34.1 Å². The van der Waals surface area contributed by atoms with Crippen molar-refractivity contribution < 1.29 is 19.0 Å². The van der Waals surface area contributed by atoms with Crippen LogP contribution < -0.4 is 4.74 Å². The standard InChI is InChI=1S/C14H10BrFO3/c15-10-5-11(16)7-12(6-10)19-8-9-3-1-2-4-13(9)14(17)18/h1-7H,8H2,(H,17,18). The number of hydrogen-bond donors (Lipinski definition) is 1. The van der Waals surface area contributed by atoms with Gasteiger partial charge >= 0.3 is 5.97 Å². The number of benzene rings is 2. The molecule has 0 heterocycles. The van der Waals surface area contributed by atoms with Crippen LogP contribution in [0.5, 0.6) is 5.75 Å². The molecular weight excluding hydrogens is 315 g/mol. The second-order valence-electron chi connectivity index (χ2n) is 3.86. The van der Waals surface area contributed by atoms with E-state index in [1.54, 1.807) is 24.3 Å². The van der Waals surface area contributed by atoms with Crippen LogP contribution in [-0.2, 0) is 6.61 Å². The molecule has 0 aliphatic carbocycles. The molecule has 0 radical (unpaired) electrons. The molecule has 2 rings (SSSR count). The van der Waals surface area contributed by atoms with Gasteiger partial charge in [-0.2, -0.15) is 0 Å². The molecule has 3 nitrogen and oxygen atoms in total. The molecule has 0 aliphatic heterocycles. The SMILES string of the molecule is O=C(O)c1ccccc1COc1cc(F)cc(Br)c1. The number of carboxylic acid groups (broad SMARTS) is 1. The highest BCUT2D eigenvalue weighted by Crippen LogP contribution is 2.22. The van der Waals surface area contributed by atoms with Crippen LogP contribution in [0.4, 0.5) is 4.39 Å². The lowest BCUT2D eigenvalue weighted by Crippen LogP contribution is -2.05. The normalized spacial score (nSPS) is 10.2. The molecule has 19 heavy (non-hydrogen) atoms. The van der Waals surface area contributed by atoms with Crippen LogP contribution in [0.2, 0.25) is 0 Å². The van der Waals surface area contributed by atoms with Gasteiger partial charge in [0.2, 0.25) is 0 Å². The monoisotopic (exact) mass is 324 g/mol. The maximum atomic E-state index is 13.2. The molecular formula is C14H10BrFO3. The quantitative estimate of drug-likeness (QED) is 0.928. The van der Waals surface area contributed by atoms with Crippen molar-refractivity contribution in [1.29, 1.82) is 0 Å². The summed E-state index contributed by atoms with van der Waals surface area (Å²) in [6, 6.07) is 10.7. The predicted molar refractivity (Wildman–Crippen MR) is 71.8 cm³/mol. The van der Waals surface area contributed by atoms with Crippen LogP contribution in [-0.4, -0.2) is 11.1 Å². The summed E-state index contributed by atoms with van der Waals surface area (Å²) in [6.07, 6.45) is 0. The summed E-state index contributed by atoms with van der Waals surface area (Å²) in [5.74, 6) is -1.09. The van der Waals surface area contributed by atoms with E-state index in [4.69, 9.17) is 9.84 Å². The molecule has 0 aliphatic rings. The van der Waals surface area contributed by atoms with Gasteiger partial charge in [-0.25, -0.2) is 9.18 Å². The number of aromatic carboxylic acids is 1. The lowest BCUT2D eigenvalue weighted by Gasteiger charge is -2.09. The first-order valence-corrected chi connectivity index (χ1v) is 6.25. The summed E-state index contributed by atoms with van der Waals surface area (Å²) in [5, 5.41) is 9.03. The van der Waals surface area contributed by atoms with E-state index in [1.807, 2.05) is 0 Å². The minimum Gasteiger partial charge on any atom is -0.489 e. The highest BCUT2D eigenvalue weighted by Gasteiger charge is 2.09. The maximum absolute atomic E-state index is 13.2. The summed E-state index contributed by atoms with van der Waals surface area (Å²) in [6.45, 7) is 0.0678. The van der Waals surface area contributed by atoms with Crippen molar-refractivity contribution in [3.8, 4) is 5.75 Å². The van der Waals surface area contributed by atoms with E-state index in [1.165, 1.54) is 18.2 Å². The Balaban J connectivity index is 2.16. The van der Waals surface area contributed by atoms with E-state index in [0.29, 0.717) is 15.8 Å². The third-order valence-corrected chi connectivity index (χ3v) is 2.94. The van der Waals surface area contributed by atoms with Gasteiger partial charge < -0.3 is 9.84 Å². The number of carboxylic acids is 1. The molecule has 98 valence electrons. The van der Waals surface area contributed by atoms with Crippen molar-refractivity contribution in [2.45, 2.75) is 6.61 Å². The zero-order valence-electron chi connectivity index (χ0n) is 9.77. The topological polar surface area (TPSA) is 46.5 Å². The average molecular weight is 325 g/mol. The molecule has 0 atom stereocenters. The Morgan fingerprint density at radius 3 is 2.68 bits per heavy atom. The number of ether oxygens (including phenoxy) is 1. The number of carbonyl (C=O) groups is 1. The first-order chi connectivity index (χ1) is 9.06. The van der Waals surface area contributed by atoms with Gasteiger partial charge in [0, 0.05) is 16.1 Å². The molecule has 2 aromatic carbocycles. The van der Waals surface area contributed by atoms with Crippen molar-refractivity contribution in [2.75, 3.05) is 0 Å². The molecule has 0 aromatic heterocycles. The van der Waals surface area contributed by atoms with Crippen molar-refractivity contribution >= 4 is 21.9 Å². The maximum Gasteiger partial charge on any atom is 0.336 e. The molecule has 0 saturated carbocycles. The van der Waals surface area contributed by atoms with Crippen molar-refractivity contribution in [1.82, 2.24) is 0 Å². The Kier molecular flexibility index (Phi) is 4.16. The summed E-state index contributed by atoms with van der Waals surface area (Å²) < 4.78 is 19.1. The van der Waals surface area contributed by atoms with E-state index in [-0.39, 0.29) is 12.2 Å². The van der Waals surface area contributed by atoms with Gasteiger partial charge in [-0.15, -0.1) is 0 Å². The zero-order valence-corrected chi connectivity index (χ0v) is 11.4. The summed E-state index contributed by atoms with van der Waals surface area (Å²) in [5.41, 5.74) is 0.716. The van der Waals surface area contributed by atoms with Crippen LogP contribution in [0, 0.1) is 5.82 Å². The van der Waals surface area contributed by atoms with Crippen molar-refractivity contribution in [2.24, 2.45) is 0 Å². The second kappa shape index (κ2) is 5.84. The lowest BCUT2D eigenvalue weighted by atomic mass is 10.1. The van der Waals surface area contributed by atoms with Gasteiger partial charge in [-0.3, -0.25) is 0 Å². The molecule has 0 unspecified atom stereocenters. The van der Waals surface area contributed by atoms with Gasteiger partial charge in [0.1, 0.15) is 18.2 Å². The third-order valence-electron chi connectivity index (χ3n) is 2.48. The van der Waals surface area contributed by atoms with Crippen LogP contribution in [0.15, 0.2) is 46.9 Å². The largest absolute Gasteiger partial charge is 0.489 e. The first-order valence-electron chi connectivity index (χ1n) is 5.46. The molecule has 0 spiro atoms. The van der Waals surface area contributed by atoms with Crippen LogP contribution in [0.3, 0.4) is 0 Å². The highest BCUT2D eigenvalue weighted by molar-refractivity contribution is 9.10. The Labute approximate surface area is 117 Å². The number of halogens is 2. The molecule has 0 amide bonds. The number of hydrogen-bond acceptors (Lipinski definition) is 2. The average Bonchev–Trinajstić information content (AvgIpc) is 2.35. The molecule has 2 aromatic rings. The van der Waals surface area contributed by atoms with Crippen molar-refractivity contribution in [3.05, 3.63) is 63.9 Å². The van der Waals surface area contributed by atoms with Crippen molar-refractivity contribution in [3.63, 3.8) is 0 Å². The van der Waals surface area contributed by atoms with E-state index >= 15 is 0 Å². The Morgan fingerprint density at radius 2 is 2.00 bits per heavy atom. The van der Waals surface area contributed by atoms with E-state index < -0.39 is 11.8 Å². The highest BCUT2D eigenvalue weighted by atomic mass is 79.9.